The van der Waals surface area contributed by atoms with Gasteiger partial charge in [0.1, 0.15) is 6.10 Å². The monoisotopic (exact) mass is 258 g/mol. The highest BCUT2D eigenvalue weighted by atomic mass is 16.6. The molecule has 1 heterocycles. The fourth-order valence-corrected chi connectivity index (χ4v) is 1.10. The summed E-state index contributed by atoms with van der Waals surface area (Å²) in [6, 6.07) is 0. The Balaban J connectivity index is 0.000000473. The zero-order chi connectivity index (χ0) is 13.6. The van der Waals surface area contributed by atoms with Gasteiger partial charge >= 0.3 is 0 Å². The SMILES string of the molecule is CCCCCNCC(=O)C(O)CN.c1cnon1. The predicted octanol–water partition coefficient (Wildman–Crippen LogP) is -0.275. The van der Waals surface area contributed by atoms with Crippen LogP contribution >= 0.6 is 0 Å². The Hall–Kier alpha value is -1.31. The Morgan fingerprint density at radius 3 is 2.56 bits per heavy atom. The number of hydrogen-bond donors (Lipinski definition) is 3. The van der Waals surface area contributed by atoms with Crippen molar-refractivity contribution in [3.05, 3.63) is 12.4 Å². The van der Waals surface area contributed by atoms with Gasteiger partial charge in [-0.25, -0.2) is 4.63 Å². The third-order valence-electron chi connectivity index (χ3n) is 2.13. The Morgan fingerprint density at radius 2 is 2.11 bits per heavy atom. The fourth-order valence-electron chi connectivity index (χ4n) is 1.10. The van der Waals surface area contributed by atoms with Gasteiger partial charge in [-0.2, -0.15) is 0 Å². The summed E-state index contributed by atoms with van der Waals surface area (Å²) in [5.41, 5.74) is 5.13. The van der Waals surface area contributed by atoms with E-state index in [4.69, 9.17) is 10.8 Å². The van der Waals surface area contributed by atoms with Crippen LogP contribution in [0.5, 0.6) is 0 Å². The molecule has 0 saturated carbocycles. The van der Waals surface area contributed by atoms with E-state index in [-0.39, 0.29) is 18.9 Å². The van der Waals surface area contributed by atoms with E-state index < -0.39 is 6.10 Å². The molecule has 1 aromatic heterocycles. The number of nitrogens with two attached hydrogens (primary N) is 1. The molecule has 0 fully saturated rings. The Kier molecular flexibility index (Phi) is 11.3. The zero-order valence-corrected chi connectivity index (χ0v) is 10.7. The number of nitrogens with one attached hydrogen (secondary N) is 1. The van der Waals surface area contributed by atoms with Gasteiger partial charge in [-0.3, -0.25) is 4.79 Å². The minimum atomic E-state index is -1.00. The third kappa shape index (κ3) is 9.88. The molecule has 0 aromatic carbocycles. The Bertz CT molecular complexity index is 263. The molecule has 0 aliphatic rings. The smallest absolute Gasteiger partial charge is 0.176 e. The van der Waals surface area contributed by atoms with E-state index in [0.717, 1.165) is 13.0 Å². The number of Topliss-reactive ketones (excluding diaryl/α,β-unsaturated/α-hetero) is 1. The molecule has 0 saturated heterocycles. The van der Waals surface area contributed by atoms with Crippen molar-refractivity contribution in [2.75, 3.05) is 19.6 Å². The van der Waals surface area contributed by atoms with Gasteiger partial charge in [-0.15, -0.1) is 0 Å². The van der Waals surface area contributed by atoms with Crippen molar-refractivity contribution in [2.24, 2.45) is 5.73 Å². The van der Waals surface area contributed by atoms with Crippen LogP contribution in [0.3, 0.4) is 0 Å². The van der Waals surface area contributed by atoms with E-state index in [1.54, 1.807) is 0 Å². The van der Waals surface area contributed by atoms with Gasteiger partial charge in [0.25, 0.3) is 0 Å². The van der Waals surface area contributed by atoms with E-state index in [0.29, 0.717) is 0 Å². The van der Waals surface area contributed by atoms with E-state index in [9.17, 15) is 4.79 Å². The summed E-state index contributed by atoms with van der Waals surface area (Å²) in [7, 11) is 0. The summed E-state index contributed by atoms with van der Waals surface area (Å²) in [4.78, 5) is 11.0. The first-order valence-corrected chi connectivity index (χ1v) is 6.05. The largest absolute Gasteiger partial charge is 0.384 e. The van der Waals surface area contributed by atoms with Gasteiger partial charge < -0.3 is 16.2 Å². The predicted molar refractivity (Wildman–Crippen MR) is 66.8 cm³/mol. The average molecular weight is 258 g/mol. The average Bonchev–Trinajstić information content (AvgIpc) is 2.96. The van der Waals surface area contributed by atoms with Crippen molar-refractivity contribution < 1.29 is 14.5 Å². The van der Waals surface area contributed by atoms with E-state index in [1.165, 1.54) is 25.2 Å². The molecule has 4 N–H and O–H groups in total. The molecule has 7 nitrogen and oxygen atoms in total. The molecule has 1 aromatic rings. The number of carbonyl (C=O) groups is 1. The third-order valence-corrected chi connectivity index (χ3v) is 2.13. The van der Waals surface area contributed by atoms with Crippen LogP contribution in [0.1, 0.15) is 26.2 Å². The van der Waals surface area contributed by atoms with Gasteiger partial charge in [0.05, 0.1) is 18.9 Å². The van der Waals surface area contributed by atoms with Crippen LogP contribution in [-0.4, -0.2) is 46.9 Å². The quantitative estimate of drug-likeness (QED) is 0.549. The first kappa shape index (κ1) is 16.7. The molecule has 18 heavy (non-hydrogen) atoms. The fraction of sp³-hybridized carbons (Fsp3) is 0.727. The van der Waals surface area contributed by atoms with Crippen molar-refractivity contribution in [1.82, 2.24) is 15.6 Å². The standard InChI is InChI=1S/C9H20N2O2.C2H2N2O/c1-2-3-4-5-11-7-9(13)8(12)6-10;1-2-4-5-3-1/h8,11-12H,2-7,10H2,1H3;1-2H. The molecule has 0 aliphatic carbocycles. The normalized spacial score (nSPS) is 11.5. The van der Waals surface area contributed by atoms with Crippen LogP contribution in [-0.2, 0) is 4.79 Å². The minimum absolute atomic E-state index is 0.00940. The molecule has 1 rings (SSSR count). The second-order valence-electron chi connectivity index (χ2n) is 3.69. The molecule has 1 atom stereocenters. The van der Waals surface area contributed by atoms with Crippen LogP contribution in [0.15, 0.2) is 17.0 Å². The van der Waals surface area contributed by atoms with E-state index >= 15 is 0 Å². The lowest BCUT2D eigenvalue weighted by atomic mass is 10.2. The summed E-state index contributed by atoms with van der Waals surface area (Å²) < 4.78 is 4.08. The van der Waals surface area contributed by atoms with Crippen LogP contribution in [0.4, 0.5) is 0 Å². The number of aliphatic hydroxyl groups is 1. The first-order valence-electron chi connectivity index (χ1n) is 6.05. The number of nitrogens with zero attached hydrogens (tertiary/aromatic N) is 2. The molecule has 1 unspecified atom stereocenters. The number of rotatable bonds is 8. The van der Waals surface area contributed by atoms with Gasteiger partial charge in [-0.1, -0.05) is 30.1 Å². The van der Waals surface area contributed by atoms with Gasteiger partial charge in [0, 0.05) is 6.54 Å². The van der Waals surface area contributed by atoms with Gasteiger partial charge in [-0.05, 0) is 13.0 Å². The van der Waals surface area contributed by atoms with Gasteiger partial charge in [0.15, 0.2) is 5.78 Å². The van der Waals surface area contributed by atoms with Crippen LogP contribution in [0, 0.1) is 0 Å². The highest BCUT2D eigenvalue weighted by Gasteiger charge is 2.11. The van der Waals surface area contributed by atoms with Crippen LogP contribution in [0.2, 0.25) is 0 Å². The number of carbonyl (C=O) groups excluding carboxylic acids is 1. The van der Waals surface area contributed by atoms with Crippen molar-refractivity contribution in [2.45, 2.75) is 32.3 Å². The maximum absolute atomic E-state index is 11.0. The lowest BCUT2D eigenvalue weighted by Crippen LogP contribution is -2.36. The number of ketones is 1. The molecule has 0 radical (unpaired) electrons. The summed E-state index contributed by atoms with van der Waals surface area (Å²) in [5.74, 6) is -0.223. The molecular formula is C11H22N4O3. The number of unbranched alkanes of at least 4 members (excludes halogenated alkanes) is 2. The number of aliphatic hydroxyl groups excluding tert-OH is 1. The van der Waals surface area contributed by atoms with E-state index in [2.05, 4.69) is 27.2 Å². The van der Waals surface area contributed by atoms with Crippen LogP contribution in [0.25, 0.3) is 0 Å². The molecule has 0 bridgehead atoms. The maximum Gasteiger partial charge on any atom is 0.176 e. The van der Waals surface area contributed by atoms with Crippen molar-refractivity contribution >= 4 is 5.78 Å². The van der Waals surface area contributed by atoms with Crippen molar-refractivity contribution in [3.63, 3.8) is 0 Å². The lowest BCUT2D eigenvalue weighted by Gasteiger charge is -2.07. The maximum atomic E-state index is 11.0. The molecular weight excluding hydrogens is 236 g/mol. The van der Waals surface area contributed by atoms with Gasteiger partial charge in [0.2, 0.25) is 0 Å². The van der Waals surface area contributed by atoms with E-state index in [1.807, 2.05) is 0 Å². The number of aromatic nitrogens is 2. The minimum Gasteiger partial charge on any atom is -0.384 e. The molecule has 0 amide bonds. The summed E-state index contributed by atoms with van der Waals surface area (Å²) in [6.07, 6.45) is 5.35. The highest BCUT2D eigenvalue weighted by Crippen LogP contribution is 1.91. The topological polar surface area (TPSA) is 114 Å². The lowest BCUT2D eigenvalue weighted by molar-refractivity contribution is -0.125. The molecule has 0 spiro atoms. The van der Waals surface area contributed by atoms with Crippen LogP contribution < -0.4 is 11.1 Å². The summed E-state index contributed by atoms with van der Waals surface area (Å²) in [5, 5.41) is 18.5. The second kappa shape index (κ2) is 12.2. The molecule has 0 aliphatic heterocycles. The molecule has 104 valence electrons. The van der Waals surface area contributed by atoms with Crippen molar-refractivity contribution in [1.29, 1.82) is 0 Å². The summed E-state index contributed by atoms with van der Waals surface area (Å²) in [6.45, 7) is 3.19. The zero-order valence-electron chi connectivity index (χ0n) is 10.7. The molecule has 7 heteroatoms. The highest BCUT2D eigenvalue weighted by molar-refractivity contribution is 5.84. The summed E-state index contributed by atoms with van der Waals surface area (Å²) >= 11 is 0. The van der Waals surface area contributed by atoms with Crippen molar-refractivity contribution in [3.8, 4) is 0 Å². The Morgan fingerprint density at radius 1 is 1.44 bits per heavy atom. The number of hydrogen-bond acceptors (Lipinski definition) is 7. The Labute approximate surface area is 107 Å². The second-order valence-corrected chi connectivity index (χ2v) is 3.69. The first-order chi connectivity index (χ1) is 8.72.